The van der Waals surface area contributed by atoms with Crippen molar-refractivity contribution < 1.29 is 23.8 Å². The zero-order chi connectivity index (χ0) is 26.1. The molecule has 0 unspecified atom stereocenters. The number of carbonyl (C=O) groups excluding carboxylic acids is 1. The SMILES string of the molecule is C=C/C=C(\C(C)=C/C)c1ccc(C(=NC(=C)c2ccc(C(=O)NCC(=O)O)c(F)c2)OC)cc1C. The van der Waals surface area contributed by atoms with Crippen molar-refractivity contribution in [3.63, 3.8) is 0 Å². The number of benzene rings is 2. The van der Waals surface area contributed by atoms with Crippen LogP contribution < -0.4 is 5.32 Å². The molecule has 1 amide bonds. The van der Waals surface area contributed by atoms with E-state index < -0.39 is 24.2 Å². The fourth-order valence-electron chi connectivity index (χ4n) is 3.35. The van der Waals surface area contributed by atoms with E-state index in [2.05, 4.69) is 23.5 Å². The number of methoxy groups -OCH3 is 1. The topological polar surface area (TPSA) is 88.0 Å². The first-order valence-corrected chi connectivity index (χ1v) is 10.8. The first-order chi connectivity index (χ1) is 16.6. The van der Waals surface area contributed by atoms with Gasteiger partial charge in [-0.05, 0) is 67.3 Å². The summed E-state index contributed by atoms with van der Waals surface area (Å²) in [5.41, 5.74) is 5.27. The average molecular weight is 477 g/mol. The lowest BCUT2D eigenvalue weighted by atomic mass is 9.93. The quantitative estimate of drug-likeness (QED) is 0.282. The van der Waals surface area contributed by atoms with Crippen molar-refractivity contribution in [2.24, 2.45) is 4.99 Å². The molecular weight excluding hydrogens is 447 g/mol. The highest BCUT2D eigenvalue weighted by molar-refractivity contribution is 5.99. The Morgan fingerprint density at radius 3 is 2.37 bits per heavy atom. The number of ether oxygens (including phenoxy) is 1. The van der Waals surface area contributed by atoms with Crippen molar-refractivity contribution in [1.82, 2.24) is 5.32 Å². The number of hydrogen-bond donors (Lipinski definition) is 2. The molecule has 0 saturated carbocycles. The van der Waals surface area contributed by atoms with Crippen LogP contribution in [0, 0.1) is 12.7 Å². The van der Waals surface area contributed by atoms with Crippen molar-refractivity contribution in [2.75, 3.05) is 13.7 Å². The molecular formula is C28H29FN2O4. The maximum absolute atomic E-state index is 14.5. The van der Waals surface area contributed by atoms with Gasteiger partial charge in [-0.15, -0.1) is 0 Å². The Kier molecular flexibility index (Phi) is 9.46. The molecule has 0 aromatic heterocycles. The van der Waals surface area contributed by atoms with Gasteiger partial charge in [-0.3, -0.25) is 9.59 Å². The second kappa shape index (κ2) is 12.3. The molecule has 0 atom stereocenters. The van der Waals surface area contributed by atoms with E-state index in [0.717, 1.165) is 33.9 Å². The Bertz CT molecular complexity index is 1260. The van der Waals surface area contributed by atoms with Crippen molar-refractivity contribution in [3.05, 3.63) is 107 Å². The third-order valence-corrected chi connectivity index (χ3v) is 5.28. The molecule has 0 aliphatic heterocycles. The van der Waals surface area contributed by atoms with E-state index in [-0.39, 0.29) is 11.3 Å². The van der Waals surface area contributed by atoms with Crippen LogP contribution in [0.15, 0.2) is 78.3 Å². The summed E-state index contributed by atoms with van der Waals surface area (Å²) >= 11 is 0. The van der Waals surface area contributed by atoms with E-state index in [1.165, 1.54) is 19.2 Å². The van der Waals surface area contributed by atoms with Gasteiger partial charge in [-0.1, -0.05) is 43.5 Å². The smallest absolute Gasteiger partial charge is 0.322 e. The molecule has 0 spiro atoms. The van der Waals surface area contributed by atoms with Crippen molar-refractivity contribution in [3.8, 4) is 0 Å². The van der Waals surface area contributed by atoms with E-state index >= 15 is 0 Å². The molecule has 0 radical (unpaired) electrons. The van der Waals surface area contributed by atoms with Gasteiger partial charge in [0.2, 0.25) is 5.90 Å². The Hall–Kier alpha value is -4.26. The molecule has 0 heterocycles. The number of rotatable bonds is 9. The Labute approximate surface area is 204 Å². The molecule has 6 nitrogen and oxygen atoms in total. The van der Waals surface area contributed by atoms with Crippen LogP contribution in [-0.4, -0.2) is 36.5 Å². The zero-order valence-electron chi connectivity index (χ0n) is 20.3. The number of amides is 1. The summed E-state index contributed by atoms with van der Waals surface area (Å²) < 4.78 is 20.0. The second-order valence-corrected chi connectivity index (χ2v) is 7.66. The van der Waals surface area contributed by atoms with Gasteiger partial charge in [0.05, 0.1) is 18.4 Å². The number of halogens is 1. The van der Waals surface area contributed by atoms with Crippen LogP contribution >= 0.6 is 0 Å². The minimum Gasteiger partial charge on any atom is -0.481 e. The summed E-state index contributed by atoms with van der Waals surface area (Å²) in [6, 6.07) is 9.67. The van der Waals surface area contributed by atoms with Gasteiger partial charge in [0.15, 0.2) is 0 Å². The van der Waals surface area contributed by atoms with Gasteiger partial charge in [0, 0.05) is 11.1 Å². The maximum Gasteiger partial charge on any atom is 0.322 e. The number of carboxylic acids is 1. The van der Waals surface area contributed by atoms with Crippen LogP contribution in [0.2, 0.25) is 0 Å². The number of carboxylic acid groups (broad SMARTS) is 1. The van der Waals surface area contributed by atoms with Gasteiger partial charge >= 0.3 is 5.97 Å². The summed E-state index contributed by atoms with van der Waals surface area (Å²) in [7, 11) is 1.48. The van der Waals surface area contributed by atoms with Crippen LogP contribution in [0.1, 0.15) is 46.5 Å². The molecule has 0 fully saturated rings. The molecule has 0 aliphatic carbocycles. The molecule has 0 aliphatic rings. The number of aryl methyl sites for hydroxylation is 1. The predicted octanol–water partition coefficient (Wildman–Crippen LogP) is 5.55. The molecule has 2 rings (SSSR count). The molecule has 0 bridgehead atoms. The number of carbonyl (C=O) groups is 2. The normalized spacial score (nSPS) is 12.2. The van der Waals surface area contributed by atoms with Gasteiger partial charge < -0.3 is 15.2 Å². The van der Waals surface area contributed by atoms with E-state index in [1.807, 2.05) is 51.1 Å². The highest BCUT2D eigenvalue weighted by Gasteiger charge is 2.15. The highest BCUT2D eigenvalue weighted by Crippen LogP contribution is 2.27. The lowest BCUT2D eigenvalue weighted by Gasteiger charge is -2.14. The van der Waals surface area contributed by atoms with E-state index in [0.29, 0.717) is 11.5 Å². The third-order valence-electron chi connectivity index (χ3n) is 5.28. The molecule has 35 heavy (non-hydrogen) atoms. The maximum atomic E-state index is 14.5. The fourth-order valence-corrected chi connectivity index (χ4v) is 3.35. The van der Waals surface area contributed by atoms with Crippen LogP contribution in [0.4, 0.5) is 4.39 Å². The van der Waals surface area contributed by atoms with Crippen LogP contribution in [-0.2, 0) is 9.53 Å². The number of aliphatic imine (C=N–C) groups is 1. The standard InChI is InChI=1S/C28H29FN2O4/c1-7-9-22(17(3)8-2)23-12-11-21(14-18(23)4)28(35-6)31-19(5)20-10-13-24(25(29)15-20)27(34)30-16-26(32)33/h7-15H,1,5,16H2,2-4,6H3,(H,30,34)(H,32,33)/b17-8-,22-9+,31-28?. The van der Waals surface area contributed by atoms with Crippen molar-refractivity contribution >= 4 is 29.0 Å². The Morgan fingerprint density at radius 1 is 1.17 bits per heavy atom. The summed E-state index contributed by atoms with van der Waals surface area (Å²) in [6.07, 6.45) is 5.75. The van der Waals surface area contributed by atoms with Crippen LogP contribution in [0.3, 0.4) is 0 Å². The molecule has 7 heteroatoms. The fraction of sp³-hybridized carbons (Fsp3) is 0.179. The Balaban J connectivity index is 2.35. The molecule has 2 aromatic rings. The van der Waals surface area contributed by atoms with Crippen molar-refractivity contribution in [1.29, 1.82) is 0 Å². The highest BCUT2D eigenvalue weighted by atomic mass is 19.1. The number of nitrogens with one attached hydrogen (secondary N) is 1. The molecule has 182 valence electrons. The summed E-state index contributed by atoms with van der Waals surface area (Å²) in [5, 5.41) is 10.8. The third kappa shape index (κ3) is 6.86. The van der Waals surface area contributed by atoms with Gasteiger partial charge in [-0.2, -0.15) is 0 Å². The minimum atomic E-state index is -1.22. The van der Waals surface area contributed by atoms with Gasteiger partial charge in [0.25, 0.3) is 5.91 Å². The minimum absolute atomic E-state index is 0.233. The number of hydrogen-bond acceptors (Lipinski definition) is 4. The van der Waals surface area contributed by atoms with Crippen LogP contribution in [0.5, 0.6) is 0 Å². The Morgan fingerprint density at radius 2 is 1.83 bits per heavy atom. The molecule has 2 aromatic carbocycles. The van der Waals surface area contributed by atoms with E-state index in [9.17, 15) is 14.0 Å². The lowest BCUT2D eigenvalue weighted by Crippen LogP contribution is -2.29. The molecule has 2 N–H and O–H groups in total. The average Bonchev–Trinajstić information content (AvgIpc) is 2.83. The van der Waals surface area contributed by atoms with Gasteiger partial charge in [-0.25, -0.2) is 9.38 Å². The van der Waals surface area contributed by atoms with E-state index in [1.54, 1.807) is 6.08 Å². The van der Waals surface area contributed by atoms with Gasteiger partial charge in [0.1, 0.15) is 12.4 Å². The number of nitrogens with zero attached hydrogens (tertiary/aromatic N) is 1. The largest absolute Gasteiger partial charge is 0.481 e. The number of aliphatic carboxylic acids is 1. The van der Waals surface area contributed by atoms with Crippen molar-refractivity contribution in [2.45, 2.75) is 20.8 Å². The lowest BCUT2D eigenvalue weighted by molar-refractivity contribution is -0.135. The van der Waals surface area contributed by atoms with Crippen LogP contribution in [0.25, 0.3) is 11.3 Å². The monoisotopic (exact) mass is 476 g/mol. The molecule has 0 saturated heterocycles. The first kappa shape index (κ1) is 27.0. The first-order valence-electron chi connectivity index (χ1n) is 10.8. The second-order valence-electron chi connectivity index (χ2n) is 7.66. The summed E-state index contributed by atoms with van der Waals surface area (Å²) in [5.74, 6) is -2.57. The summed E-state index contributed by atoms with van der Waals surface area (Å²) in [6.45, 7) is 13.1. The predicted molar refractivity (Wildman–Crippen MR) is 138 cm³/mol. The zero-order valence-corrected chi connectivity index (χ0v) is 20.3. The summed E-state index contributed by atoms with van der Waals surface area (Å²) in [4.78, 5) is 27.0. The number of allylic oxidation sites excluding steroid dienone is 5. The van der Waals surface area contributed by atoms with E-state index in [4.69, 9.17) is 9.84 Å².